The molecular weight excluding hydrogens is 406 g/mol. The van der Waals surface area contributed by atoms with E-state index in [2.05, 4.69) is 22.8 Å². The van der Waals surface area contributed by atoms with E-state index >= 15 is 0 Å². The van der Waals surface area contributed by atoms with Crippen LogP contribution < -0.4 is 5.73 Å². The molecule has 7 nitrogen and oxygen atoms in total. The van der Waals surface area contributed by atoms with Gasteiger partial charge in [-0.1, -0.05) is 42.1 Å². The molecule has 3 rings (SSSR count). The fourth-order valence-corrected chi connectivity index (χ4v) is 3.33. The molecule has 166 valence electrons. The van der Waals surface area contributed by atoms with Crippen molar-refractivity contribution in [2.75, 3.05) is 13.2 Å². The summed E-state index contributed by atoms with van der Waals surface area (Å²) in [5.41, 5.74) is 9.89. The molecule has 7 heteroatoms. The summed E-state index contributed by atoms with van der Waals surface area (Å²) in [5, 5.41) is 4.18. The number of nitrogens with zero attached hydrogens (tertiary/aromatic N) is 2. The predicted molar refractivity (Wildman–Crippen MR) is 124 cm³/mol. The number of nitrogens with two attached hydrogens (primary N) is 1. The summed E-state index contributed by atoms with van der Waals surface area (Å²) in [6.07, 6.45) is 7.22. The molecule has 0 fully saturated rings. The Kier molecular flexibility index (Phi) is 8.05. The third kappa shape index (κ3) is 6.46. The number of ketones is 1. The first-order valence-electron chi connectivity index (χ1n) is 10.5. The maximum atomic E-state index is 11.6. The van der Waals surface area contributed by atoms with Crippen LogP contribution in [0, 0.1) is 0 Å². The van der Waals surface area contributed by atoms with Gasteiger partial charge in [-0.25, -0.2) is 0 Å². The number of ether oxygens (including phenoxy) is 1. The van der Waals surface area contributed by atoms with Crippen LogP contribution in [0.25, 0.3) is 11.3 Å². The molecule has 2 heterocycles. The van der Waals surface area contributed by atoms with Crippen LogP contribution in [-0.4, -0.2) is 35.6 Å². The highest BCUT2D eigenvalue weighted by Crippen LogP contribution is 2.24. The number of amides is 1. The van der Waals surface area contributed by atoms with Crippen LogP contribution in [-0.2, 0) is 20.8 Å². The number of pyridine rings is 1. The Morgan fingerprint density at radius 2 is 1.97 bits per heavy atom. The molecule has 0 spiro atoms. The second-order valence-corrected chi connectivity index (χ2v) is 7.57. The Labute approximate surface area is 187 Å². The van der Waals surface area contributed by atoms with Gasteiger partial charge in [0.15, 0.2) is 5.76 Å². The monoisotopic (exact) mass is 433 g/mol. The van der Waals surface area contributed by atoms with E-state index in [1.165, 1.54) is 5.57 Å². The molecule has 2 aromatic rings. The lowest BCUT2D eigenvalue weighted by molar-refractivity contribution is -0.114. The van der Waals surface area contributed by atoms with E-state index in [1.807, 2.05) is 19.1 Å². The Hall–Kier alpha value is -3.58. The van der Waals surface area contributed by atoms with Crippen LogP contribution in [0.1, 0.15) is 53.4 Å². The Bertz CT molecular complexity index is 1060. The van der Waals surface area contributed by atoms with Crippen molar-refractivity contribution in [1.82, 2.24) is 4.98 Å². The number of benzene rings is 1. The summed E-state index contributed by atoms with van der Waals surface area (Å²) in [5.74, 6) is -1.24. The third-order valence-corrected chi connectivity index (χ3v) is 5.01. The first-order chi connectivity index (χ1) is 15.4. The van der Waals surface area contributed by atoms with E-state index in [1.54, 1.807) is 30.5 Å². The molecule has 0 unspecified atom stereocenters. The van der Waals surface area contributed by atoms with Crippen molar-refractivity contribution in [3.63, 3.8) is 0 Å². The van der Waals surface area contributed by atoms with Gasteiger partial charge in [0.25, 0.3) is 5.91 Å². The fourth-order valence-electron chi connectivity index (χ4n) is 3.33. The Morgan fingerprint density at radius 3 is 2.72 bits per heavy atom. The van der Waals surface area contributed by atoms with Crippen LogP contribution in [0.5, 0.6) is 0 Å². The molecule has 0 saturated carbocycles. The minimum absolute atomic E-state index is 0.265. The van der Waals surface area contributed by atoms with Gasteiger partial charge in [0.1, 0.15) is 0 Å². The smallest absolute Gasteiger partial charge is 0.289 e. The van der Waals surface area contributed by atoms with Gasteiger partial charge in [0.2, 0.25) is 5.78 Å². The number of allylic oxidation sites excluding steroid dienone is 1. The van der Waals surface area contributed by atoms with Crippen LogP contribution in [0.15, 0.2) is 60.4 Å². The minimum atomic E-state index is -0.971. The number of carbonyl (C=O) groups is 2. The number of hydrogen-bond acceptors (Lipinski definition) is 6. The van der Waals surface area contributed by atoms with Crippen molar-refractivity contribution in [2.45, 2.75) is 32.6 Å². The van der Waals surface area contributed by atoms with Gasteiger partial charge < -0.3 is 15.3 Å². The van der Waals surface area contributed by atoms with Crippen molar-refractivity contribution in [1.29, 1.82) is 0 Å². The molecule has 1 aromatic heterocycles. The van der Waals surface area contributed by atoms with E-state index in [-0.39, 0.29) is 5.56 Å². The summed E-state index contributed by atoms with van der Waals surface area (Å²) >= 11 is 0. The summed E-state index contributed by atoms with van der Waals surface area (Å²) in [4.78, 5) is 32.6. The third-order valence-electron chi connectivity index (χ3n) is 5.01. The lowest BCUT2D eigenvalue weighted by atomic mass is 10.0. The summed E-state index contributed by atoms with van der Waals surface area (Å²) in [6.45, 7) is 7.34. The molecule has 1 aliphatic rings. The molecule has 2 N–H and O–H groups in total. The number of Topliss-reactive ketones (excluding diaryl/α,β-unsaturated/α-hetero) is 1. The van der Waals surface area contributed by atoms with E-state index in [9.17, 15) is 9.59 Å². The van der Waals surface area contributed by atoms with Gasteiger partial charge in [-0.05, 0) is 49.5 Å². The van der Waals surface area contributed by atoms with Crippen LogP contribution in [0.3, 0.4) is 0 Å². The topological polar surface area (TPSA) is 104 Å². The van der Waals surface area contributed by atoms with Crippen molar-refractivity contribution in [3.05, 3.63) is 77.6 Å². The highest BCUT2D eigenvalue weighted by Gasteiger charge is 2.12. The molecule has 0 atom stereocenters. The SMILES string of the molecule is C=C(O/N=C(\C)Cc1ccc(C(=O)C(N)=O)cc1)c1ccnc(/C2=C\CCOCCC2)c1. The minimum Gasteiger partial charge on any atom is -0.381 e. The zero-order valence-corrected chi connectivity index (χ0v) is 18.2. The van der Waals surface area contributed by atoms with E-state index in [4.69, 9.17) is 15.3 Å². The van der Waals surface area contributed by atoms with Gasteiger partial charge in [-0.3, -0.25) is 14.6 Å². The van der Waals surface area contributed by atoms with E-state index < -0.39 is 11.7 Å². The molecule has 0 aliphatic carbocycles. The average Bonchev–Trinajstić information content (AvgIpc) is 2.77. The standard InChI is InChI=1S/C25H27N3O4/c1-17(15-19-7-9-21(10-8-19)24(29)25(26)30)28-32-18(2)22-11-12-27-23(16-22)20-5-3-13-31-14-4-6-20/h5,7-12,16H,2-4,6,13-15H2,1H3,(H2,26,30)/b20-5-,28-17+. The van der Waals surface area contributed by atoms with Crippen LogP contribution in [0.4, 0.5) is 0 Å². The molecule has 0 radical (unpaired) electrons. The summed E-state index contributed by atoms with van der Waals surface area (Å²) in [6, 6.07) is 10.5. The van der Waals surface area contributed by atoms with Gasteiger partial charge >= 0.3 is 0 Å². The highest BCUT2D eigenvalue weighted by atomic mass is 16.6. The lowest BCUT2D eigenvalue weighted by Gasteiger charge is -2.13. The van der Waals surface area contributed by atoms with E-state index in [0.717, 1.165) is 55.0 Å². The normalized spacial score (nSPS) is 16.3. The van der Waals surface area contributed by atoms with E-state index in [0.29, 0.717) is 12.2 Å². The molecule has 1 aliphatic heterocycles. The van der Waals surface area contributed by atoms with Crippen LogP contribution >= 0.6 is 0 Å². The quantitative estimate of drug-likeness (QED) is 0.223. The van der Waals surface area contributed by atoms with Gasteiger partial charge in [0.05, 0.1) is 18.0 Å². The Morgan fingerprint density at radius 1 is 1.19 bits per heavy atom. The van der Waals surface area contributed by atoms with Crippen molar-refractivity contribution < 1.29 is 19.2 Å². The van der Waals surface area contributed by atoms with Crippen molar-refractivity contribution in [3.8, 4) is 0 Å². The summed E-state index contributed by atoms with van der Waals surface area (Å²) < 4.78 is 5.50. The van der Waals surface area contributed by atoms with Crippen molar-refractivity contribution >= 4 is 28.7 Å². The number of oxime groups is 1. The molecule has 0 bridgehead atoms. The largest absolute Gasteiger partial charge is 0.381 e. The number of aromatic nitrogens is 1. The zero-order chi connectivity index (χ0) is 22.9. The first-order valence-corrected chi connectivity index (χ1v) is 10.5. The fraction of sp³-hybridized carbons (Fsp3) is 0.280. The average molecular weight is 434 g/mol. The second-order valence-electron chi connectivity index (χ2n) is 7.57. The predicted octanol–water partition coefficient (Wildman–Crippen LogP) is 3.94. The molecule has 1 aromatic carbocycles. The van der Waals surface area contributed by atoms with Gasteiger partial charge in [-0.15, -0.1) is 0 Å². The zero-order valence-electron chi connectivity index (χ0n) is 18.2. The number of carbonyl (C=O) groups excluding carboxylic acids is 2. The molecule has 32 heavy (non-hydrogen) atoms. The van der Waals surface area contributed by atoms with Crippen molar-refractivity contribution in [2.24, 2.45) is 10.9 Å². The van der Waals surface area contributed by atoms with Gasteiger partial charge in [0, 0.05) is 30.4 Å². The summed E-state index contributed by atoms with van der Waals surface area (Å²) in [7, 11) is 0. The Balaban J connectivity index is 1.62. The molecular formula is C25H27N3O4. The highest BCUT2D eigenvalue weighted by molar-refractivity contribution is 6.42. The lowest BCUT2D eigenvalue weighted by Crippen LogP contribution is -2.22. The molecule has 1 amide bonds. The number of hydrogen-bond donors (Lipinski definition) is 1. The number of rotatable bonds is 8. The molecule has 0 saturated heterocycles. The second kappa shape index (κ2) is 11.2. The van der Waals surface area contributed by atoms with Gasteiger partial charge in [-0.2, -0.15) is 0 Å². The first kappa shape index (κ1) is 23.1. The van der Waals surface area contributed by atoms with Crippen LogP contribution in [0.2, 0.25) is 0 Å². The maximum absolute atomic E-state index is 11.6. The number of primary amides is 1. The maximum Gasteiger partial charge on any atom is 0.289 e.